The van der Waals surface area contributed by atoms with Crippen LogP contribution < -0.4 is 0 Å². The molecule has 1 fully saturated rings. The Morgan fingerprint density at radius 3 is 3.00 bits per heavy atom. The Balaban J connectivity index is 1.84. The summed E-state index contributed by atoms with van der Waals surface area (Å²) in [6.07, 6.45) is 5.84. The fourth-order valence-electron chi connectivity index (χ4n) is 2.47. The van der Waals surface area contributed by atoms with Gasteiger partial charge in [0, 0.05) is 21.8 Å². The van der Waals surface area contributed by atoms with E-state index in [2.05, 4.69) is 17.2 Å². The maximum absolute atomic E-state index is 12.2. The number of aromatic carboxylic acids is 1. The number of aryl methyl sites for hydroxylation is 1. The minimum atomic E-state index is -1.09. The molecule has 1 aromatic heterocycles. The summed E-state index contributed by atoms with van der Waals surface area (Å²) in [6, 6.07) is 0. The average Bonchev–Trinajstić information content (AvgIpc) is 2.85. The normalized spacial score (nSPS) is 25.1. The molecule has 7 heteroatoms. The van der Waals surface area contributed by atoms with Crippen LogP contribution >= 0.6 is 0 Å². The molecule has 0 aromatic carbocycles. The fraction of sp³-hybridized carbons (Fsp3) is 0.750. The molecule has 0 spiro atoms. The van der Waals surface area contributed by atoms with Crippen LogP contribution in [0.15, 0.2) is 6.20 Å². The van der Waals surface area contributed by atoms with Gasteiger partial charge in [0.05, 0.1) is 12.7 Å². The van der Waals surface area contributed by atoms with E-state index in [0.717, 1.165) is 19.3 Å². The van der Waals surface area contributed by atoms with Crippen LogP contribution in [0.4, 0.5) is 0 Å². The molecular formula is C12H19N3O3S. The standard InChI is InChI=1S/C12H19N3O3S/c1-9-3-2-4-10(7-9)19(18)6-5-15-8-11(12(16)17)13-14-15/h8-10H,2-7H2,1H3,(H,16,17). The molecule has 19 heavy (non-hydrogen) atoms. The van der Waals surface area contributed by atoms with Gasteiger partial charge in [-0.3, -0.25) is 8.89 Å². The maximum atomic E-state index is 12.2. The molecular weight excluding hydrogens is 266 g/mol. The first-order chi connectivity index (χ1) is 9.06. The van der Waals surface area contributed by atoms with Crippen molar-refractivity contribution in [3.05, 3.63) is 11.9 Å². The van der Waals surface area contributed by atoms with Crippen LogP contribution in [0.1, 0.15) is 43.1 Å². The summed E-state index contributed by atoms with van der Waals surface area (Å²) in [5, 5.41) is 16.3. The summed E-state index contributed by atoms with van der Waals surface area (Å²) in [7, 11) is -0.865. The minimum Gasteiger partial charge on any atom is -0.476 e. The number of hydrogen-bond donors (Lipinski definition) is 1. The molecule has 0 radical (unpaired) electrons. The average molecular weight is 285 g/mol. The highest BCUT2D eigenvalue weighted by Crippen LogP contribution is 2.27. The molecule has 1 aromatic rings. The Morgan fingerprint density at radius 1 is 1.58 bits per heavy atom. The zero-order valence-electron chi connectivity index (χ0n) is 11.0. The number of carboxylic acid groups (broad SMARTS) is 1. The van der Waals surface area contributed by atoms with E-state index in [9.17, 15) is 9.00 Å². The zero-order chi connectivity index (χ0) is 13.8. The second-order valence-electron chi connectivity index (χ2n) is 5.15. The van der Waals surface area contributed by atoms with Crippen molar-refractivity contribution in [1.29, 1.82) is 0 Å². The van der Waals surface area contributed by atoms with Gasteiger partial charge in [-0.15, -0.1) is 5.10 Å². The second kappa shape index (κ2) is 6.27. The van der Waals surface area contributed by atoms with Crippen molar-refractivity contribution in [3.8, 4) is 0 Å². The molecule has 1 heterocycles. The lowest BCUT2D eigenvalue weighted by molar-refractivity contribution is 0.0690. The van der Waals surface area contributed by atoms with Crippen LogP contribution in [0, 0.1) is 5.92 Å². The van der Waals surface area contributed by atoms with Gasteiger partial charge in [-0.1, -0.05) is 25.0 Å². The molecule has 1 aliphatic rings. The summed E-state index contributed by atoms with van der Waals surface area (Å²) in [4.78, 5) is 10.7. The highest BCUT2D eigenvalue weighted by molar-refractivity contribution is 7.85. The first kappa shape index (κ1) is 14.2. The Bertz CT molecular complexity index is 475. The lowest BCUT2D eigenvalue weighted by Crippen LogP contribution is -2.26. The van der Waals surface area contributed by atoms with Gasteiger partial charge in [0.25, 0.3) is 0 Å². The molecule has 0 aliphatic heterocycles. The minimum absolute atomic E-state index is 0.0722. The number of carbonyl (C=O) groups is 1. The van der Waals surface area contributed by atoms with E-state index in [0.29, 0.717) is 18.2 Å². The predicted octanol–water partition coefficient (Wildman–Crippen LogP) is 1.30. The Labute approximate surface area is 114 Å². The third-order valence-electron chi connectivity index (χ3n) is 3.54. The SMILES string of the molecule is CC1CCCC(S(=O)CCn2cc(C(=O)O)nn2)C1. The van der Waals surface area contributed by atoms with E-state index in [1.165, 1.54) is 17.3 Å². The van der Waals surface area contributed by atoms with Crippen molar-refractivity contribution in [2.24, 2.45) is 5.92 Å². The van der Waals surface area contributed by atoms with Gasteiger partial charge in [-0.25, -0.2) is 4.79 Å². The summed E-state index contributed by atoms with van der Waals surface area (Å²) in [5.74, 6) is 0.0842. The highest BCUT2D eigenvalue weighted by Gasteiger charge is 2.23. The van der Waals surface area contributed by atoms with Crippen molar-refractivity contribution in [1.82, 2.24) is 15.0 Å². The van der Waals surface area contributed by atoms with Gasteiger partial charge in [-0.2, -0.15) is 0 Å². The first-order valence-corrected chi connectivity index (χ1v) is 7.95. The third kappa shape index (κ3) is 3.86. The van der Waals surface area contributed by atoms with Crippen molar-refractivity contribution in [3.63, 3.8) is 0 Å². The van der Waals surface area contributed by atoms with Gasteiger partial charge >= 0.3 is 5.97 Å². The molecule has 2 rings (SSSR count). The van der Waals surface area contributed by atoms with E-state index in [-0.39, 0.29) is 10.9 Å². The van der Waals surface area contributed by atoms with Crippen LogP contribution in [-0.2, 0) is 17.3 Å². The number of nitrogens with zero attached hydrogens (tertiary/aromatic N) is 3. The summed E-state index contributed by atoms with van der Waals surface area (Å²) < 4.78 is 13.6. The van der Waals surface area contributed by atoms with Crippen LogP contribution in [0.2, 0.25) is 0 Å². The Morgan fingerprint density at radius 2 is 2.37 bits per heavy atom. The number of aromatic nitrogens is 3. The molecule has 3 atom stereocenters. The molecule has 3 unspecified atom stereocenters. The van der Waals surface area contributed by atoms with Crippen LogP contribution in [-0.4, -0.2) is 41.3 Å². The van der Waals surface area contributed by atoms with Gasteiger partial charge in [0.2, 0.25) is 0 Å². The monoisotopic (exact) mass is 285 g/mol. The smallest absolute Gasteiger partial charge is 0.358 e. The number of carboxylic acids is 1. The van der Waals surface area contributed by atoms with E-state index < -0.39 is 16.8 Å². The molecule has 1 N–H and O–H groups in total. The quantitative estimate of drug-likeness (QED) is 0.881. The van der Waals surface area contributed by atoms with Crippen molar-refractivity contribution < 1.29 is 14.1 Å². The zero-order valence-corrected chi connectivity index (χ0v) is 11.8. The maximum Gasteiger partial charge on any atom is 0.358 e. The fourth-order valence-corrected chi connectivity index (χ4v) is 4.15. The summed E-state index contributed by atoms with van der Waals surface area (Å²) >= 11 is 0. The van der Waals surface area contributed by atoms with Crippen molar-refractivity contribution in [2.45, 2.75) is 44.4 Å². The highest BCUT2D eigenvalue weighted by atomic mass is 32.2. The van der Waals surface area contributed by atoms with Crippen LogP contribution in [0.25, 0.3) is 0 Å². The van der Waals surface area contributed by atoms with Crippen molar-refractivity contribution >= 4 is 16.8 Å². The van der Waals surface area contributed by atoms with Crippen molar-refractivity contribution in [2.75, 3.05) is 5.75 Å². The number of hydrogen-bond acceptors (Lipinski definition) is 4. The number of rotatable bonds is 5. The summed E-state index contributed by atoms with van der Waals surface area (Å²) in [6.45, 7) is 2.66. The Kier molecular flexibility index (Phi) is 4.68. The largest absolute Gasteiger partial charge is 0.476 e. The van der Waals surface area contributed by atoms with E-state index in [1.807, 2.05) is 0 Å². The third-order valence-corrected chi connectivity index (χ3v) is 5.30. The molecule has 0 amide bonds. The molecule has 106 valence electrons. The Hall–Kier alpha value is -1.24. The lowest BCUT2D eigenvalue weighted by Gasteiger charge is -2.25. The molecule has 0 bridgehead atoms. The van der Waals surface area contributed by atoms with E-state index in [4.69, 9.17) is 5.11 Å². The van der Waals surface area contributed by atoms with Gasteiger partial charge in [0.15, 0.2) is 5.69 Å². The topological polar surface area (TPSA) is 85.1 Å². The summed E-state index contributed by atoms with van der Waals surface area (Å²) in [5.41, 5.74) is -0.0722. The van der Waals surface area contributed by atoms with Gasteiger partial charge < -0.3 is 5.11 Å². The molecule has 6 nitrogen and oxygen atoms in total. The van der Waals surface area contributed by atoms with Gasteiger partial charge in [0.1, 0.15) is 0 Å². The van der Waals surface area contributed by atoms with E-state index >= 15 is 0 Å². The predicted molar refractivity (Wildman–Crippen MR) is 71.4 cm³/mol. The molecule has 0 saturated heterocycles. The van der Waals surface area contributed by atoms with Gasteiger partial charge in [-0.05, 0) is 18.8 Å². The lowest BCUT2D eigenvalue weighted by atomic mass is 9.91. The van der Waals surface area contributed by atoms with Crippen LogP contribution in [0.3, 0.4) is 0 Å². The van der Waals surface area contributed by atoms with E-state index in [1.54, 1.807) is 0 Å². The molecule has 1 saturated carbocycles. The molecule has 1 aliphatic carbocycles. The van der Waals surface area contributed by atoms with Crippen LogP contribution in [0.5, 0.6) is 0 Å². The first-order valence-electron chi connectivity index (χ1n) is 6.57. The second-order valence-corrected chi connectivity index (χ2v) is 6.99.